The molecule has 0 bridgehead atoms. The molecule has 1 fully saturated rings. The SMILES string of the molecule is CC[C@@H](N)C(=O)N1CCC[C@@H](Cn2ccnn2)C1. The highest BCUT2D eigenvalue weighted by molar-refractivity contribution is 5.81. The van der Waals surface area contributed by atoms with Crippen molar-refractivity contribution in [2.75, 3.05) is 13.1 Å². The second-order valence-corrected chi connectivity index (χ2v) is 4.93. The fourth-order valence-electron chi connectivity index (χ4n) is 2.42. The third-order valence-corrected chi connectivity index (χ3v) is 3.50. The Balaban J connectivity index is 1.90. The molecule has 0 radical (unpaired) electrons. The smallest absolute Gasteiger partial charge is 0.239 e. The number of rotatable bonds is 4. The molecule has 2 heterocycles. The molecule has 18 heavy (non-hydrogen) atoms. The summed E-state index contributed by atoms with van der Waals surface area (Å²) < 4.78 is 1.83. The highest BCUT2D eigenvalue weighted by Gasteiger charge is 2.26. The van der Waals surface area contributed by atoms with Gasteiger partial charge in [0.15, 0.2) is 0 Å². The number of aromatic nitrogens is 3. The highest BCUT2D eigenvalue weighted by Crippen LogP contribution is 2.18. The fourth-order valence-corrected chi connectivity index (χ4v) is 2.42. The van der Waals surface area contributed by atoms with Gasteiger partial charge >= 0.3 is 0 Å². The summed E-state index contributed by atoms with van der Waals surface area (Å²) in [6.45, 7) is 4.39. The zero-order valence-electron chi connectivity index (χ0n) is 10.8. The van der Waals surface area contributed by atoms with Crippen LogP contribution in [0.2, 0.25) is 0 Å². The molecule has 1 aromatic rings. The van der Waals surface area contributed by atoms with E-state index in [1.54, 1.807) is 6.20 Å². The van der Waals surface area contributed by atoms with Crippen molar-refractivity contribution in [2.24, 2.45) is 11.7 Å². The fraction of sp³-hybridized carbons (Fsp3) is 0.750. The van der Waals surface area contributed by atoms with E-state index in [4.69, 9.17) is 5.73 Å². The lowest BCUT2D eigenvalue weighted by Crippen LogP contribution is -2.48. The maximum absolute atomic E-state index is 12.0. The summed E-state index contributed by atoms with van der Waals surface area (Å²) in [5.41, 5.74) is 5.81. The molecule has 2 rings (SSSR count). The van der Waals surface area contributed by atoms with Crippen LogP contribution in [0.4, 0.5) is 0 Å². The third-order valence-electron chi connectivity index (χ3n) is 3.50. The lowest BCUT2D eigenvalue weighted by Gasteiger charge is -2.34. The standard InChI is InChI=1S/C12H21N5O/c1-2-11(13)12(18)16-6-3-4-10(8-16)9-17-7-5-14-15-17/h5,7,10-11H,2-4,6,8-9,13H2,1H3/t10-,11-/m1/s1. The Morgan fingerprint density at radius 3 is 3.11 bits per heavy atom. The van der Waals surface area contributed by atoms with Gasteiger partial charge in [-0.25, -0.2) is 0 Å². The largest absolute Gasteiger partial charge is 0.341 e. The Hall–Kier alpha value is -1.43. The molecule has 0 aromatic carbocycles. The molecular weight excluding hydrogens is 230 g/mol. The number of nitrogens with zero attached hydrogens (tertiary/aromatic N) is 4. The van der Waals surface area contributed by atoms with Crippen molar-refractivity contribution in [3.05, 3.63) is 12.4 Å². The van der Waals surface area contributed by atoms with E-state index in [2.05, 4.69) is 10.3 Å². The third kappa shape index (κ3) is 3.07. The Kier molecular flexibility index (Phi) is 4.30. The molecule has 100 valence electrons. The zero-order valence-corrected chi connectivity index (χ0v) is 10.8. The Bertz CT molecular complexity index is 378. The lowest BCUT2D eigenvalue weighted by molar-refractivity contribution is -0.134. The topological polar surface area (TPSA) is 77.0 Å². The number of amides is 1. The number of likely N-dealkylation sites (tertiary alicyclic amines) is 1. The molecule has 0 aliphatic carbocycles. The van der Waals surface area contributed by atoms with E-state index in [1.165, 1.54) is 0 Å². The molecule has 1 amide bonds. The van der Waals surface area contributed by atoms with Crippen LogP contribution in [0.25, 0.3) is 0 Å². The monoisotopic (exact) mass is 251 g/mol. The average Bonchev–Trinajstić information content (AvgIpc) is 2.90. The van der Waals surface area contributed by atoms with Crippen molar-refractivity contribution in [3.8, 4) is 0 Å². The summed E-state index contributed by atoms with van der Waals surface area (Å²) in [7, 11) is 0. The molecule has 1 aliphatic heterocycles. The van der Waals surface area contributed by atoms with Crippen LogP contribution in [0.15, 0.2) is 12.4 Å². The van der Waals surface area contributed by atoms with E-state index in [9.17, 15) is 4.79 Å². The first kappa shape index (κ1) is 13.0. The minimum atomic E-state index is -0.352. The van der Waals surface area contributed by atoms with Crippen LogP contribution in [0.5, 0.6) is 0 Å². The number of piperidine rings is 1. The summed E-state index contributed by atoms with van der Waals surface area (Å²) in [5.74, 6) is 0.536. The first-order chi connectivity index (χ1) is 8.70. The van der Waals surface area contributed by atoms with Crippen LogP contribution >= 0.6 is 0 Å². The van der Waals surface area contributed by atoms with Crippen molar-refractivity contribution >= 4 is 5.91 Å². The molecule has 1 aromatic heterocycles. The van der Waals surface area contributed by atoms with Crippen LogP contribution < -0.4 is 5.73 Å². The Morgan fingerprint density at radius 2 is 2.44 bits per heavy atom. The summed E-state index contributed by atoms with van der Waals surface area (Å²) in [6, 6.07) is -0.352. The summed E-state index contributed by atoms with van der Waals surface area (Å²) in [5, 5.41) is 7.77. The van der Waals surface area contributed by atoms with Crippen LogP contribution in [-0.2, 0) is 11.3 Å². The van der Waals surface area contributed by atoms with Gasteiger partial charge in [-0.1, -0.05) is 12.1 Å². The van der Waals surface area contributed by atoms with E-state index in [1.807, 2.05) is 22.7 Å². The van der Waals surface area contributed by atoms with Crippen molar-refractivity contribution < 1.29 is 4.79 Å². The maximum atomic E-state index is 12.0. The van der Waals surface area contributed by atoms with Crippen LogP contribution in [-0.4, -0.2) is 44.9 Å². The van der Waals surface area contributed by atoms with Gasteiger partial charge in [0, 0.05) is 25.8 Å². The number of carbonyl (C=O) groups excluding carboxylic acids is 1. The number of nitrogens with two attached hydrogens (primary N) is 1. The summed E-state index contributed by atoms with van der Waals surface area (Å²) in [4.78, 5) is 13.9. The van der Waals surface area contributed by atoms with Gasteiger partial charge in [-0.05, 0) is 25.2 Å². The lowest BCUT2D eigenvalue weighted by atomic mass is 9.97. The maximum Gasteiger partial charge on any atom is 0.239 e. The molecule has 0 saturated carbocycles. The minimum Gasteiger partial charge on any atom is -0.341 e. The normalized spacial score (nSPS) is 21.9. The predicted molar refractivity (Wildman–Crippen MR) is 67.6 cm³/mol. The molecule has 1 saturated heterocycles. The first-order valence-electron chi connectivity index (χ1n) is 6.59. The minimum absolute atomic E-state index is 0.0841. The van der Waals surface area contributed by atoms with Gasteiger partial charge in [-0.15, -0.1) is 5.10 Å². The van der Waals surface area contributed by atoms with E-state index in [-0.39, 0.29) is 11.9 Å². The van der Waals surface area contributed by atoms with E-state index in [0.29, 0.717) is 12.3 Å². The molecule has 6 nitrogen and oxygen atoms in total. The highest BCUT2D eigenvalue weighted by atomic mass is 16.2. The molecule has 2 N–H and O–H groups in total. The molecular formula is C12H21N5O. The number of hydrogen-bond donors (Lipinski definition) is 1. The second kappa shape index (κ2) is 5.95. The van der Waals surface area contributed by atoms with Crippen molar-refractivity contribution in [1.29, 1.82) is 0 Å². The van der Waals surface area contributed by atoms with Gasteiger partial charge in [0.05, 0.1) is 12.2 Å². The van der Waals surface area contributed by atoms with Crippen molar-refractivity contribution in [1.82, 2.24) is 19.9 Å². The van der Waals surface area contributed by atoms with Crippen molar-refractivity contribution in [2.45, 2.75) is 38.8 Å². The quantitative estimate of drug-likeness (QED) is 0.832. The zero-order chi connectivity index (χ0) is 13.0. The van der Waals surface area contributed by atoms with Gasteiger partial charge in [-0.3, -0.25) is 9.48 Å². The number of hydrogen-bond acceptors (Lipinski definition) is 4. The Morgan fingerprint density at radius 1 is 1.61 bits per heavy atom. The van der Waals surface area contributed by atoms with Crippen LogP contribution in [0.1, 0.15) is 26.2 Å². The van der Waals surface area contributed by atoms with Crippen LogP contribution in [0, 0.1) is 5.92 Å². The van der Waals surface area contributed by atoms with E-state index in [0.717, 1.165) is 32.5 Å². The Labute approximate surface area is 107 Å². The number of carbonyl (C=O) groups is 1. The molecule has 2 atom stereocenters. The van der Waals surface area contributed by atoms with Gasteiger partial charge in [0.1, 0.15) is 0 Å². The van der Waals surface area contributed by atoms with E-state index >= 15 is 0 Å². The second-order valence-electron chi connectivity index (χ2n) is 4.93. The van der Waals surface area contributed by atoms with Gasteiger partial charge in [0.25, 0.3) is 0 Å². The van der Waals surface area contributed by atoms with Gasteiger partial charge < -0.3 is 10.6 Å². The van der Waals surface area contributed by atoms with Crippen molar-refractivity contribution in [3.63, 3.8) is 0 Å². The van der Waals surface area contributed by atoms with E-state index < -0.39 is 0 Å². The molecule has 0 spiro atoms. The predicted octanol–water partition coefficient (Wildman–Crippen LogP) is 0.254. The molecule has 0 unspecified atom stereocenters. The van der Waals surface area contributed by atoms with Gasteiger partial charge in [-0.2, -0.15) is 0 Å². The van der Waals surface area contributed by atoms with Gasteiger partial charge in [0.2, 0.25) is 5.91 Å². The molecule has 1 aliphatic rings. The summed E-state index contributed by atoms with van der Waals surface area (Å²) in [6.07, 6.45) is 6.41. The summed E-state index contributed by atoms with van der Waals surface area (Å²) >= 11 is 0. The van der Waals surface area contributed by atoms with Crippen LogP contribution in [0.3, 0.4) is 0 Å². The first-order valence-corrected chi connectivity index (χ1v) is 6.59. The average molecular weight is 251 g/mol. The molecule has 6 heteroatoms.